The number of hydrogen-bond donors (Lipinski definition) is 1. The number of methoxy groups -OCH3 is 1. The quantitative estimate of drug-likeness (QED) is 0.527. The average molecular weight is 291 g/mol. The van der Waals surface area contributed by atoms with E-state index in [1.54, 1.807) is 29.7 Å². The zero-order chi connectivity index (χ0) is 9.68. The Morgan fingerprint density at radius 2 is 2.38 bits per heavy atom. The van der Waals surface area contributed by atoms with E-state index in [-0.39, 0.29) is 3.91 Å². The molecule has 0 aliphatic carbocycles. The molecule has 0 heterocycles. The molecule has 1 aromatic rings. The van der Waals surface area contributed by atoms with E-state index in [1.807, 2.05) is 24.3 Å². The zero-order valence-corrected chi connectivity index (χ0v) is 9.37. The number of benzene rings is 1. The van der Waals surface area contributed by atoms with Gasteiger partial charge in [0.2, 0.25) is 0 Å². The van der Waals surface area contributed by atoms with Crippen LogP contribution in [0.3, 0.4) is 0 Å². The third-order valence-electron chi connectivity index (χ3n) is 1.57. The van der Waals surface area contributed by atoms with Crippen LogP contribution in [-0.2, 0) is 6.54 Å². The third-order valence-corrected chi connectivity index (χ3v) is 1.95. The molecule has 0 unspecified atom stereocenters. The maximum atomic E-state index is 10.6. The molecule has 0 bridgehead atoms. The molecule has 0 radical (unpaired) electrons. The van der Waals surface area contributed by atoms with E-state index in [0.717, 1.165) is 11.3 Å². The maximum Gasteiger partial charge on any atom is 0.280 e. The van der Waals surface area contributed by atoms with Gasteiger partial charge in [0.15, 0.2) is 0 Å². The second kappa shape index (κ2) is 5.06. The lowest BCUT2D eigenvalue weighted by atomic mass is 10.2. The van der Waals surface area contributed by atoms with Gasteiger partial charge in [-0.05, 0) is 17.7 Å². The Morgan fingerprint density at radius 1 is 1.62 bits per heavy atom. The van der Waals surface area contributed by atoms with Gasteiger partial charge in [-0.3, -0.25) is 4.79 Å². The molecule has 0 saturated carbocycles. The van der Waals surface area contributed by atoms with E-state index in [1.165, 1.54) is 0 Å². The monoisotopic (exact) mass is 291 g/mol. The summed E-state index contributed by atoms with van der Waals surface area (Å²) in [7, 11) is 1.62. The Bertz CT molecular complexity index is 301. The Hall–Kier alpha value is -0.780. The topological polar surface area (TPSA) is 38.3 Å². The van der Waals surface area contributed by atoms with Gasteiger partial charge in [-0.2, -0.15) is 0 Å². The van der Waals surface area contributed by atoms with Gasteiger partial charge >= 0.3 is 0 Å². The highest BCUT2D eigenvalue weighted by molar-refractivity contribution is 14.1. The van der Waals surface area contributed by atoms with Crippen molar-refractivity contribution in [2.24, 2.45) is 0 Å². The molecule has 1 rings (SSSR count). The van der Waals surface area contributed by atoms with Gasteiger partial charge in [-0.15, -0.1) is 0 Å². The Labute approximate surface area is 90.6 Å². The van der Waals surface area contributed by atoms with Crippen LogP contribution in [0.15, 0.2) is 24.3 Å². The first-order valence-electron chi connectivity index (χ1n) is 3.78. The van der Waals surface area contributed by atoms with E-state index in [2.05, 4.69) is 5.32 Å². The molecule has 0 saturated heterocycles. The fourth-order valence-corrected chi connectivity index (χ4v) is 1.14. The maximum absolute atomic E-state index is 10.6. The molecule has 13 heavy (non-hydrogen) atoms. The van der Waals surface area contributed by atoms with Gasteiger partial charge in [-0.25, -0.2) is 0 Å². The highest BCUT2D eigenvalue weighted by atomic mass is 127. The first-order valence-corrected chi connectivity index (χ1v) is 4.86. The molecule has 3 nitrogen and oxygen atoms in total. The average Bonchev–Trinajstić information content (AvgIpc) is 2.15. The van der Waals surface area contributed by atoms with Crippen molar-refractivity contribution in [3.8, 4) is 5.75 Å². The summed E-state index contributed by atoms with van der Waals surface area (Å²) in [6, 6.07) is 7.60. The Kier molecular flexibility index (Phi) is 4.01. The second-order valence-corrected chi connectivity index (χ2v) is 3.46. The van der Waals surface area contributed by atoms with Crippen LogP contribution in [-0.4, -0.2) is 11.0 Å². The first kappa shape index (κ1) is 10.3. The smallest absolute Gasteiger partial charge is 0.280 e. The molecule has 0 aliphatic rings. The van der Waals surface area contributed by atoms with Crippen molar-refractivity contribution < 1.29 is 9.53 Å². The normalized spacial score (nSPS) is 9.38. The SMILES string of the molecule is COc1cccc(CNC(=O)I)c1. The molecule has 70 valence electrons. The summed E-state index contributed by atoms with van der Waals surface area (Å²) in [6.07, 6.45) is 0. The lowest BCUT2D eigenvalue weighted by Crippen LogP contribution is -2.14. The van der Waals surface area contributed by atoms with Crippen LogP contribution >= 0.6 is 22.6 Å². The summed E-state index contributed by atoms with van der Waals surface area (Å²) in [6.45, 7) is 0.541. The number of nitrogens with one attached hydrogen (secondary N) is 1. The molecule has 1 N–H and O–H groups in total. The van der Waals surface area contributed by atoms with Gasteiger partial charge in [0.25, 0.3) is 3.91 Å². The molecule has 0 aliphatic heterocycles. The predicted octanol–water partition coefficient (Wildman–Crippen LogP) is 2.34. The van der Waals surface area contributed by atoms with Crippen LogP contribution < -0.4 is 10.1 Å². The Balaban J connectivity index is 2.61. The number of hydrogen-bond acceptors (Lipinski definition) is 2. The number of halogens is 1. The number of rotatable bonds is 3. The highest BCUT2D eigenvalue weighted by Gasteiger charge is 1.96. The summed E-state index contributed by atoms with van der Waals surface area (Å²) >= 11 is 1.71. The summed E-state index contributed by atoms with van der Waals surface area (Å²) in [5, 5.41) is 2.71. The summed E-state index contributed by atoms with van der Waals surface area (Å²) in [5.74, 6) is 0.806. The number of carbonyl (C=O) groups excluding carboxylic acids is 1. The molecule has 4 heteroatoms. The Morgan fingerprint density at radius 3 is 3.00 bits per heavy atom. The minimum Gasteiger partial charge on any atom is -0.497 e. The lowest BCUT2D eigenvalue weighted by molar-refractivity contribution is 0.262. The van der Waals surface area contributed by atoms with E-state index < -0.39 is 0 Å². The van der Waals surface area contributed by atoms with Gasteiger partial charge in [0.05, 0.1) is 7.11 Å². The molecule has 1 amide bonds. The number of ether oxygens (including phenoxy) is 1. The molecular weight excluding hydrogens is 281 g/mol. The van der Waals surface area contributed by atoms with Crippen molar-refractivity contribution in [3.05, 3.63) is 29.8 Å². The fraction of sp³-hybridized carbons (Fsp3) is 0.222. The standard InChI is InChI=1S/C9H10INO2/c1-13-8-4-2-3-7(5-8)6-11-9(10)12/h2-5H,6H2,1H3,(H,11,12). The highest BCUT2D eigenvalue weighted by Crippen LogP contribution is 2.12. The predicted molar refractivity (Wildman–Crippen MR) is 59.2 cm³/mol. The van der Waals surface area contributed by atoms with E-state index in [9.17, 15) is 4.79 Å². The fourth-order valence-electron chi connectivity index (χ4n) is 0.954. The van der Waals surface area contributed by atoms with Gasteiger partial charge in [-0.1, -0.05) is 12.1 Å². The van der Waals surface area contributed by atoms with Gasteiger partial charge < -0.3 is 10.1 Å². The lowest BCUT2D eigenvalue weighted by Gasteiger charge is -2.03. The van der Waals surface area contributed by atoms with Crippen molar-refractivity contribution >= 4 is 26.5 Å². The van der Waals surface area contributed by atoms with Crippen LogP contribution in [0.2, 0.25) is 0 Å². The van der Waals surface area contributed by atoms with Crippen LogP contribution in [0.4, 0.5) is 4.79 Å². The molecule has 0 atom stereocenters. The number of amides is 1. The van der Waals surface area contributed by atoms with Crippen molar-refractivity contribution in [3.63, 3.8) is 0 Å². The minimum absolute atomic E-state index is 0.0552. The number of carbonyl (C=O) groups is 1. The van der Waals surface area contributed by atoms with Crippen LogP contribution in [0.5, 0.6) is 5.75 Å². The summed E-state index contributed by atoms with van der Waals surface area (Å²) < 4.78 is 4.99. The summed E-state index contributed by atoms with van der Waals surface area (Å²) in [5.41, 5.74) is 1.03. The van der Waals surface area contributed by atoms with Crippen LogP contribution in [0.25, 0.3) is 0 Å². The molecule has 0 fully saturated rings. The van der Waals surface area contributed by atoms with Crippen LogP contribution in [0.1, 0.15) is 5.56 Å². The summed E-state index contributed by atoms with van der Waals surface area (Å²) in [4.78, 5) is 10.6. The molecule has 0 aromatic heterocycles. The van der Waals surface area contributed by atoms with Crippen LogP contribution in [0, 0.1) is 0 Å². The van der Waals surface area contributed by atoms with E-state index >= 15 is 0 Å². The molecule has 0 spiro atoms. The molecule has 1 aromatic carbocycles. The second-order valence-electron chi connectivity index (χ2n) is 2.48. The van der Waals surface area contributed by atoms with Gasteiger partial charge in [0.1, 0.15) is 5.75 Å². The first-order chi connectivity index (χ1) is 6.22. The van der Waals surface area contributed by atoms with Crippen molar-refractivity contribution in [1.29, 1.82) is 0 Å². The van der Waals surface area contributed by atoms with E-state index in [4.69, 9.17) is 4.74 Å². The van der Waals surface area contributed by atoms with Crippen molar-refractivity contribution in [1.82, 2.24) is 5.32 Å². The van der Waals surface area contributed by atoms with Crippen molar-refractivity contribution in [2.45, 2.75) is 6.54 Å². The van der Waals surface area contributed by atoms with Crippen molar-refractivity contribution in [2.75, 3.05) is 7.11 Å². The largest absolute Gasteiger partial charge is 0.497 e. The van der Waals surface area contributed by atoms with E-state index in [0.29, 0.717) is 6.54 Å². The molecular formula is C9H10INO2. The zero-order valence-electron chi connectivity index (χ0n) is 7.21. The van der Waals surface area contributed by atoms with Gasteiger partial charge in [0, 0.05) is 29.1 Å². The third kappa shape index (κ3) is 3.63. The minimum atomic E-state index is -0.0552.